The Morgan fingerprint density at radius 2 is 1.91 bits per heavy atom. The lowest BCUT2D eigenvalue weighted by Gasteiger charge is -2.42. The van der Waals surface area contributed by atoms with Crippen LogP contribution in [-0.4, -0.2) is 52.7 Å². The molecule has 2 bridgehead atoms. The number of ether oxygens (including phenoxy) is 3. The molecule has 0 aliphatic carbocycles. The smallest absolute Gasteiger partial charge is 0.0859 e. The number of fused-ring (bicyclic) bond motifs is 2. The third kappa shape index (κ3) is 5.55. The monoisotopic (exact) mass is 534 g/mol. The average molecular weight is 538 g/mol. The van der Waals surface area contributed by atoms with Crippen LogP contribution in [-0.2, 0) is 14.2 Å². The molecule has 0 spiro atoms. The van der Waals surface area contributed by atoms with Crippen LogP contribution in [0.15, 0.2) is 16.8 Å². The highest BCUT2D eigenvalue weighted by atomic mass is 79.9. The molecule has 0 aromatic heterocycles. The fourth-order valence-electron chi connectivity index (χ4n) is 3.10. The Hall–Kier alpha value is 1.13. The fourth-order valence-corrected chi connectivity index (χ4v) is 4.86. The van der Waals surface area contributed by atoms with Crippen molar-refractivity contribution < 1.29 is 14.2 Å². The summed E-state index contributed by atoms with van der Waals surface area (Å²) in [6.45, 7) is 2.07. The molecule has 7 heteroatoms. The third-order valence-electron chi connectivity index (χ3n) is 4.38. The maximum Gasteiger partial charge on any atom is 0.0859 e. The molecule has 2 saturated heterocycles. The van der Waals surface area contributed by atoms with Gasteiger partial charge in [-0.2, -0.15) is 0 Å². The van der Waals surface area contributed by atoms with E-state index in [1.54, 1.807) is 12.1 Å². The van der Waals surface area contributed by atoms with Gasteiger partial charge in [0, 0.05) is 23.3 Å². The molecule has 0 amide bonds. The summed E-state index contributed by atoms with van der Waals surface area (Å²) < 4.78 is 18.2. The quantitative estimate of drug-likeness (QED) is 0.370. The summed E-state index contributed by atoms with van der Waals surface area (Å²) in [4.78, 5) is 1.99. The van der Waals surface area contributed by atoms with Crippen LogP contribution in [0, 0.1) is 0 Å². The highest BCUT2D eigenvalue weighted by molar-refractivity contribution is 9.11. The molecule has 23 heavy (non-hydrogen) atoms. The summed E-state index contributed by atoms with van der Waals surface area (Å²) in [6.07, 6.45) is 4.20. The van der Waals surface area contributed by atoms with Gasteiger partial charge >= 0.3 is 0 Å². The lowest BCUT2D eigenvalue weighted by atomic mass is 9.94. The van der Waals surface area contributed by atoms with Crippen molar-refractivity contribution in [3.05, 3.63) is 16.8 Å². The van der Waals surface area contributed by atoms with Crippen LogP contribution in [0.3, 0.4) is 0 Å². The van der Waals surface area contributed by atoms with Crippen LogP contribution in [0.5, 0.6) is 0 Å². The van der Waals surface area contributed by atoms with Crippen molar-refractivity contribution in [2.24, 2.45) is 0 Å². The van der Waals surface area contributed by atoms with Gasteiger partial charge in [0.05, 0.1) is 40.7 Å². The molecule has 2 fully saturated rings. The SMILES string of the molecule is COC1CC(Cl)C2CC(C=C=CBr)OC(C)C(Br)C(CC1Br)O2. The van der Waals surface area contributed by atoms with Crippen molar-refractivity contribution in [1.82, 2.24) is 0 Å². The Kier molecular flexibility index (Phi) is 8.64. The standard InChI is InChI=1S/C16H22Br3ClO3/c1-9-16(19)15-7-11(18)13(21-2)8-12(20)14(23-15)6-10(22-9)4-3-5-17/h4-5,9-16H,6-8H2,1-2H3. The molecular weight excluding hydrogens is 515 g/mol. The summed E-state index contributed by atoms with van der Waals surface area (Å²) in [7, 11) is 1.74. The molecule has 0 radical (unpaired) electrons. The molecule has 2 aliphatic rings. The number of hydrogen-bond donors (Lipinski definition) is 0. The van der Waals surface area contributed by atoms with Gasteiger partial charge in [0.15, 0.2) is 0 Å². The summed E-state index contributed by atoms with van der Waals surface area (Å²) >= 11 is 17.4. The van der Waals surface area contributed by atoms with E-state index in [-0.39, 0.29) is 45.6 Å². The maximum atomic E-state index is 6.66. The van der Waals surface area contributed by atoms with Crippen molar-refractivity contribution in [1.29, 1.82) is 0 Å². The van der Waals surface area contributed by atoms with Crippen LogP contribution < -0.4 is 0 Å². The summed E-state index contributed by atoms with van der Waals surface area (Å²) in [6, 6.07) is 0. The number of alkyl halides is 3. The number of halogens is 4. The van der Waals surface area contributed by atoms with Crippen LogP contribution in [0.2, 0.25) is 0 Å². The van der Waals surface area contributed by atoms with Gasteiger partial charge in [-0.15, -0.1) is 17.3 Å². The van der Waals surface area contributed by atoms with Crippen LogP contribution in [0.4, 0.5) is 0 Å². The van der Waals surface area contributed by atoms with Gasteiger partial charge in [-0.3, -0.25) is 0 Å². The van der Waals surface area contributed by atoms with Gasteiger partial charge < -0.3 is 14.2 Å². The second kappa shape index (κ2) is 9.72. The second-order valence-electron chi connectivity index (χ2n) is 5.99. The topological polar surface area (TPSA) is 27.7 Å². The van der Waals surface area contributed by atoms with E-state index in [2.05, 4.69) is 60.4 Å². The number of hydrogen-bond acceptors (Lipinski definition) is 3. The van der Waals surface area contributed by atoms with Crippen LogP contribution >= 0.6 is 59.4 Å². The summed E-state index contributed by atoms with van der Waals surface area (Å²) in [5.41, 5.74) is 3.04. The first-order valence-corrected chi connectivity index (χ1v) is 10.9. The fraction of sp³-hybridized carbons (Fsp3) is 0.812. The zero-order valence-corrected chi connectivity index (χ0v) is 18.6. The van der Waals surface area contributed by atoms with E-state index in [1.807, 2.05) is 6.08 Å². The highest BCUT2D eigenvalue weighted by Gasteiger charge is 2.41. The Labute approximate surface area is 168 Å². The zero-order valence-electron chi connectivity index (χ0n) is 13.1. The first-order chi connectivity index (χ1) is 11.0. The number of methoxy groups -OCH3 is 1. The molecule has 0 aromatic carbocycles. The van der Waals surface area contributed by atoms with Gasteiger partial charge in [-0.05, 0) is 25.8 Å². The van der Waals surface area contributed by atoms with Gasteiger partial charge in [0.2, 0.25) is 0 Å². The normalized spacial score (nSPS) is 45.0. The first-order valence-electron chi connectivity index (χ1n) is 7.73. The van der Waals surface area contributed by atoms with E-state index >= 15 is 0 Å². The molecule has 132 valence electrons. The van der Waals surface area contributed by atoms with Crippen molar-refractivity contribution in [2.75, 3.05) is 7.11 Å². The molecule has 3 nitrogen and oxygen atoms in total. The molecular formula is C16H22Br3ClO3. The summed E-state index contributed by atoms with van der Waals surface area (Å²) in [5.74, 6) is 0. The largest absolute Gasteiger partial charge is 0.380 e. The average Bonchev–Trinajstić information content (AvgIpc) is 2.52. The molecule has 2 heterocycles. The van der Waals surface area contributed by atoms with Crippen LogP contribution in [0.25, 0.3) is 0 Å². The Balaban J connectivity index is 2.26. The number of rotatable bonds is 2. The van der Waals surface area contributed by atoms with Crippen LogP contribution in [0.1, 0.15) is 26.2 Å². The maximum absolute atomic E-state index is 6.66. The van der Waals surface area contributed by atoms with E-state index in [0.29, 0.717) is 6.42 Å². The van der Waals surface area contributed by atoms with E-state index in [4.69, 9.17) is 25.8 Å². The van der Waals surface area contributed by atoms with E-state index in [9.17, 15) is 0 Å². The lowest BCUT2D eigenvalue weighted by Crippen LogP contribution is -2.49. The van der Waals surface area contributed by atoms with Crippen molar-refractivity contribution in [2.45, 2.75) is 71.7 Å². The molecule has 0 saturated carbocycles. The predicted molar refractivity (Wildman–Crippen MR) is 104 cm³/mol. The first kappa shape index (κ1) is 20.4. The lowest BCUT2D eigenvalue weighted by molar-refractivity contribution is -0.113. The molecule has 0 aromatic rings. The van der Waals surface area contributed by atoms with E-state index in [1.165, 1.54) is 0 Å². The van der Waals surface area contributed by atoms with Gasteiger partial charge in [-0.1, -0.05) is 47.8 Å². The minimum atomic E-state index is -0.122. The third-order valence-corrected chi connectivity index (χ3v) is 7.40. The Morgan fingerprint density at radius 3 is 2.57 bits per heavy atom. The van der Waals surface area contributed by atoms with Crippen molar-refractivity contribution >= 4 is 59.4 Å². The van der Waals surface area contributed by atoms with E-state index in [0.717, 1.165) is 12.8 Å². The van der Waals surface area contributed by atoms with Gasteiger partial charge in [0.25, 0.3) is 0 Å². The highest BCUT2D eigenvalue weighted by Crippen LogP contribution is 2.36. The Bertz CT molecular complexity index is 444. The van der Waals surface area contributed by atoms with E-state index < -0.39 is 0 Å². The second-order valence-corrected chi connectivity index (χ2v) is 9.24. The molecule has 2 aliphatic heterocycles. The predicted octanol–water partition coefficient (Wildman–Crippen LogP) is 4.92. The molecule has 8 unspecified atom stereocenters. The molecule has 0 N–H and O–H groups in total. The van der Waals surface area contributed by atoms with Gasteiger partial charge in [0.1, 0.15) is 0 Å². The van der Waals surface area contributed by atoms with Gasteiger partial charge in [-0.25, -0.2) is 0 Å². The Morgan fingerprint density at radius 1 is 1.17 bits per heavy atom. The zero-order chi connectivity index (χ0) is 17.0. The molecule has 2 rings (SSSR count). The minimum absolute atomic E-state index is 0.0215. The minimum Gasteiger partial charge on any atom is -0.380 e. The molecule has 8 atom stereocenters. The summed E-state index contributed by atoms with van der Waals surface area (Å²) in [5, 5.41) is -0.122. The van der Waals surface area contributed by atoms with Crippen molar-refractivity contribution in [3.63, 3.8) is 0 Å². The van der Waals surface area contributed by atoms with Crippen molar-refractivity contribution in [3.8, 4) is 0 Å².